The van der Waals surface area contributed by atoms with Gasteiger partial charge in [-0.15, -0.1) is 0 Å². The van der Waals surface area contributed by atoms with Crippen molar-refractivity contribution in [1.29, 1.82) is 0 Å². The minimum atomic E-state index is -0.875. The number of allylic oxidation sites excluding steroid dienone is 1. The molecule has 0 aromatic heterocycles. The molecule has 1 saturated heterocycles. The molecule has 0 amide bonds. The van der Waals surface area contributed by atoms with Crippen molar-refractivity contribution in [3.63, 3.8) is 0 Å². The predicted octanol–water partition coefficient (Wildman–Crippen LogP) is 1.47. The molecule has 21 heavy (non-hydrogen) atoms. The van der Waals surface area contributed by atoms with Crippen molar-refractivity contribution in [2.75, 3.05) is 20.8 Å². The Morgan fingerprint density at radius 2 is 2.19 bits per heavy atom. The van der Waals surface area contributed by atoms with Gasteiger partial charge in [-0.3, -0.25) is 4.79 Å². The zero-order valence-corrected chi connectivity index (χ0v) is 17.9. The number of methoxy groups -OCH3 is 2. The maximum Gasteiger partial charge on any atom is 0.320 e. The van der Waals surface area contributed by atoms with Crippen molar-refractivity contribution in [3.8, 4) is 0 Å². The van der Waals surface area contributed by atoms with Crippen molar-refractivity contribution >= 4 is 5.97 Å². The van der Waals surface area contributed by atoms with Gasteiger partial charge in [-0.25, -0.2) is 0 Å². The Labute approximate surface area is 162 Å². The average Bonchev–Trinajstić information content (AvgIpc) is 2.82. The molecule has 6 nitrogen and oxygen atoms in total. The van der Waals surface area contributed by atoms with Crippen LogP contribution in [0.3, 0.4) is 0 Å². The fraction of sp³-hybridized carbons (Fsp3) is 0.786. The molecule has 0 spiro atoms. The zero-order valence-electron chi connectivity index (χ0n) is 13.1. The first-order valence-electron chi connectivity index (χ1n) is 6.76. The molecule has 0 bridgehead atoms. The maximum atomic E-state index is 11.2. The summed E-state index contributed by atoms with van der Waals surface area (Å²) in [5.74, 6) is -0.866. The minimum absolute atomic E-state index is 0. The second-order valence-electron chi connectivity index (χ2n) is 5.44. The Kier molecular flexibility index (Phi) is 9.81. The summed E-state index contributed by atoms with van der Waals surface area (Å²) >= 11 is 0. The smallest absolute Gasteiger partial charge is 0.320 e. The second-order valence-corrected chi connectivity index (χ2v) is 5.44. The van der Waals surface area contributed by atoms with Crippen LogP contribution in [0.25, 0.3) is 5.73 Å². The van der Waals surface area contributed by atoms with Crippen LogP contribution < -0.4 is 5.32 Å². The van der Waals surface area contributed by atoms with Gasteiger partial charge in [0, 0.05) is 64.3 Å². The van der Waals surface area contributed by atoms with E-state index in [1.54, 1.807) is 14.2 Å². The second kappa shape index (κ2) is 9.59. The quantitative estimate of drug-likeness (QED) is 0.505. The van der Waals surface area contributed by atoms with E-state index < -0.39 is 23.7 Å². The van der Waals surface area contributed by atoms with Crippen molar-refractivity contribution in [1.82, 2.24) is 5.32 Å². The van der Waals surface area contributed by atoms with E-state index in [-0.39, 0.29) is 62.6 Å². The fourth-order valence-electron chi connectivity index (χ4n) is 2.75. The van der Waals surface area contributed by atoms with Crippen LogP contribution in [-0.2, 0) is 14.3 Å². The Hall–Kier alpha value is 0.492. The van der Waals surface area contributed by atoms with E-state index in [4.69, 9.17) is 20.3 Å². The van der Waals surface area contributed by atoms with Crippen LogP contribution in [0.4, 0.5) is 0 Å². The molecule has 1 aliphatic rings. The van der Waals surface area contributed by atoms with E-state index in [2.05, 4.69) is 5.32 Å². The maximum absolute atomic E-state index is 11.2. The number of nitrogens with one attached hydrogen (secondary N) is 2. The first-order valence-corrected chi connectivity index (χ1v) is 6.76. The van der Waals surface area contributed by atoms with Gasteiger partial charge in [-0.05, 0) is 26.2 Å². The summed E-state index contributed by atoms with van der Waals surface area (Å²) in [5, 5.41) is 12.2. The summed E-state index contributed by atoms with van der Waals surface area (Å²) in [7, 11) is 3.12. The molecular weight excluding hydrogens is 487 g/mol. The van der Waals surface area contributed by atoms with Crippen molar-refractivity contribution in [3.05, 3.63) is 17.9 Å². The first kappa shape index (κ1) is 21.5. The molecule has 0 saturated carbocycles. The molecule has 0 aromatic rings. The molecule has 7 heteroatoms. The normalized spacial score (nSPS) is 29.9. The molecule has 119 valence electrons. The summed E-state index contributed by atoms with van der Waals surface area (Å²) in [6, 6.07) is -1.51. The number of carboxylic acid groups (broad SMARTS) is 1. The predicted molar refractivity (Wildman–Crippen MR) is 76.7 cm³/mol. The number of hydrogen-bond donors (Lipinski definition) is 2. The third-order valence-electron chi connectivity index (χ3n) is 4.01. The largest absolute Gasteiger partial charge is 0.671 e. The molecular formula is C14H25AcN2O4-. The van der Waals surface area contributed by atoms with Gasteiger partial charge in [0.25, 0.3) is 0 Å². The number of rotatable bonds is 7. The third kappa shape index (κ3) is 5.26. The Bertz CT molecular complexity index is 367. The van der Waals surface area contributed by atoms with E-state index in [1.807, 2.05) is 26.0 Å². The van der Waals surface area contributed by atoms with Gasteiger partial charge in [-0.2, -0.15) is 0 Å². The van der Waals surface area contributed by atoms with Crippen LogP contribution in [0.2, 0.25) is 0 Å². The van der Waals surface area contributed by atoms with Crippen LogP contribution in [0.5, 0.6) is 0 Å². The van der Waals surface area contributed by atoms with Crippen molar-refractivity contribution < 1.29 is 63.4 Å². The molecule has 1 rings (SSSR count). The molecule has 0 aromatic carbocycles. The summed E-state index contributed by atoms with van der Waals surface area (Å²) in [4.78, 5) is 11.2. The van der Waals surface area contributed by atoms with Gasteiger partial charge in [0.2, 0.25) is 0 Å². The minimum Gasteiger partial charge on any atom is -0.671 e. The van der Waals surface area contributed by atoms with Gasteiger partial charge >= 0.3 is 5.97 Å². The number of carbonyl (C=O) groups is 1. The summed E-state index contributed by atoms with van der Waals surface area (Å²) in [6.45, 7) is 4.00. The zero-order chi connectivity index (χ0) is 15.3. The first-order chi connectivity index (χ1) is 9.39. The topological polar surface area (TPSA) is 91.6 Å². The van der Waals surface area contributed by atoms with Gasteiger partial charge in [0.1, 0.15) is 6.04 Å². The Balaban J connectivity index is 0.00000400. The van der Waals surface area contributed by atoms with Crippen LogP contribution in [0.15, 0.2) is 12.2 Å². The van der Waals surface area contributed by atoms with Crippen molar-refractivity contribution in [2.24, 2.45) is 5.92 Å². The molecule has 0 aliphatic carbocycles. The fourth-order valence-corrected chi connectivity index (χ4v) is 2.75. The Morgan fingerprint density at radius 3 is 2.62 bits per heavy atom. The summed E-state index contributed by atoms with van der Waals surface area (Å²) in [5.41, 5.74) is 7.69. The molecule has 1 heterocycles. The SMILES string of the molecule is C/C=C\[C@@H]1C[C@H](C(=O)O)NC1C([NH-])C(C)(COC)OC.[Ac]. The Morgan fingerprint density at radius 1 is 1.57 bits per heavy atom. The molecule has 3 unspecified atom stereocenters. The van der Waals surface area contributed by atoms with E-state index in [9.17, 15) is 4.79 Å². The third-order valence-corrected chi connectivity index (χ3v) is 4.01. The molecule has 1 fully saturated rings. The number of hydrogen-bond acceptors (Lipinski definition) is 4. The molecule has 1 radical (unpaired) electrons. The number of aliphatic carboxylic acids is 1. The van der Waals surface area contributed by atoms with Crippen LogP contribution in [0.1, 0.15) is 20.3 Å². The van der Waals surface area contributed by atoms with Crippen LogP contribution in [0, 0.1) is 50.0 Å². The van der Waals surface area contributed by atoms with Gasteiger partial charge in [0.15, 0.2) is 0 Å². The average molecular weight is 512 g/mol. The summed E-state index contributed by atoms with van der Waals surface area (Å²) < 4.78 is 10.6. The number of ether oxygens (including phenoxy) is 2. The number of carboxylic acids is 1. The van der Waals surface area contributed by atoms with Gasteiger partial charge in [-0.1, -0.05) is 18.2 Å². The van der Waals surface area contributed by atoms with E-state index >= 15 is 0 Å². The summed E-state index contributed by atoms with van der Waals surface area (Å²) in [6.07, 6.45) is 4.36. The monoisotopic (exact) mass is 512 g/mol. The van der Waals surface area contributed by atoms with Crippen LogP contribution in [-0.4, -0.2) is 55.6 Å². The van der Waals surface area contributed by atoms with Gasteiger partial charge in [0.05, 0.1) is 12.2 Å². The van der Waals surface area contributed by atoms with Crippen LogP contribution >= 0.6 is 0 Å². The molecule has 1 aliphatic heterocycles. The molecule has 5 atom stereocenters. The standard InChI is InChI=1S/C14H25N2O4.Ac/c1-5-6-9-7-10(13(17)18)16-11(9)12(15)14(2,20-4)8-19-3;/h5-6,9-12,15-16H,7-8H2,1-4H3,(H,17,18);/q-1;/b6-5-;/t9-,10-,11?,12?,14?;/m1./s1. The van der Waals surface area contributed by atoms with Gasteiger partial charge < -0.3 is 25.6 Å². The van der Waals surface area contributed by atoms with E-state index in [0.717, 1.165) is 0 Å². The molecule has 3 N–H and O–H groups in total. The van der Waals surface area contributed by atoms with E-state index in [1.165, 1.54) is 0 Å². The van der Waals surface area contributed by atoms with Crippen molar-refractivity contribution in [2.45, 2.75) is 44.0 Å². The van der Waals surface area contributed by atoms with E-state index in [0.29, 0.717) is 6.42 Å².